The van der Waals surface area contributed by atoms with E-state index in [1.165, 1.54) is 17.4 Å². The second kappa shape index (κ2) is 7.94. The van der Waals surface area contributed by atoms with Crippen molar-refractivity contribution < 1.29 is 4.79 Å². The van der Waals surface area contributed by atoms with Crippen LogP contribution in [0.2, 0.25) is 10.0 Å². The topological polar surface area (TPSA) is 42.0 Å². The molecule has 0 unspecified atom stereocenters. The highest BCUT2D eigenvalue weighted by Crippen LogP contribution is 2.26. The Morgan fingerprint density at radius 2 is 2.17 bits per heavy atom. The number of thiophene rings is 1. The average molecular weight is 395 g/mol. The quantitative estimate of drug-likeness (QED) is 0.559. The van der Waals surface area contributed by atoms with Crippen LogP contribution in [0.4, 0.5) is 5.13 Å². The second-order valence-electron chi connectivity index (χ2n) is 4.88. The van der Waals surface area contributed by atoms with Gasteiger partial charge >= 0.3 is 0 Å². The highest BCUT2D eigenvalue weighted by atomic mass is 35.5. The molecule has 2 aromatic heterocycles. The molecule has 2 heterocycles. The molecule has 3 nitrogen and oxygen atoms in total. The van der Waals surface area contributed by atoms with Crippen molar-refractivity contribution in [2.45, 2.75) is 6.42 Å². The zero-order chi connectivity index (χ0) is 16.9. The summed E-state index contributed by atoms with van der Waals surface area (Å²) in [5, 5.41) is 6.53. The first-order chi connectivity index (χ1) is 11.6. The van der Waals surface area contributed by atoms with Gasteiger partial charge in [0.2, 0.25) is 5.91 Å². The molecule has 0 spiro atoms. The van der Waals surface area contributed by atoms with E-state index in [0.29, 0.717) is 21.6 Å². The Labute approximate surface area is 157 Å². The summed E-state index contributed by atoms with van der Waals surface area (Å²) in [5.74, 6) is -0.200. The number of hydrogen-bond donors (Lipinski definition) is 1. The molecule has 3 rings (SSSR count). The number of nitrogens with zero attached hydrogens (tertiary/aromatic N) is 1. The van der Waals surface area contributed by atoms with Gasteiger partial charge in [-0.15, -0.1) is 22.7 Å². The molecule has 0 aliphatic rings. The third-order valence-corrected chi connectivity index (χ3v) is 5.44. The van der Waals surface area contributed by atoms with Crippen LogP contribution in [0.1, 0.15) is 15.3 Å². The third-order valence-electron chi connectivity index (χ3n) is 3.11. The van der Waals surface area contributed by atoms with Crippen molar-refractivity contribution in [2.75, 3.05) is 5.32 Å². The van der Waals surface area contributed by atoms with Gasteiger partial charge in [-0.3, -0.25) is 10.1 Å². The van der Waals surface area contributed by atoms with Crippen molar-refractivity contribution in [1.82, 2.24) is 4.98 Å². The van der Waals surface area contributed by atoms with Crippen LogP contribution in [-0.2, 0) is 11.2 Å². The highest BCUT2D eigenvalue weighted by Gasteiger charge is 2.08. The molecule has 1 aromatic carbocycles. The molecule has 1 amide bonds. The summed E-state index contributed by atoms with van der Waals surface area (Å²) in [6.45, 7) is 0. The number of amides is 1. The lowest BCUT2D eigenvalue weighted by Crippen LogP contribution is -2.06. The van der Waals surface area contributed by atoms with E-state index < -0.39 is 0 Å². The van der Waals surface area contributed by atoms with Crippen LogP contribution in [0.5, 0.6) is 0 Å². The van der Waals surface area contributed by atoms with Gasteiger partial charge in [-0.2, -0.15) is 0 Å². The molecule has 0 saturated carbocycles. The molecule has 0 atom stereocenters. The fraction of sp³-hybridized carbons (Fsp3) is 0.0588. The van der Waals surface area contributed by atoms with Gasteiger partial charge in [-0.25, -0.2) is 4.98 Å². The number of halogens is 2. The van der Waals surface area contributed by atoms with Crippen molar-refractivity contribution in [2.24, 2.45) is 0 Å². The van der Waals surface area contributed by atoms with Gasteiger partial charge in [0.1, 0.15) is 0 Å². The predicted molar refractivity (Wildman–Crippen MR) is 103 cm³/mol. The van der Waals surface area contributed by atoms with Gasteiger partial charge in [0, 0.05) is 38.5 Å². The molecule has 0 fully saturated rings. The van der Waals surface area contributed by atoms with Gasteiger partial charge in [-0.05, 0) is 35.2 Å². The molecule has 1 N–H and O–H groups in total. The van der Waals surface area contributed by atoms with E-state index in [1.807, 2.05) is 29.6 Å². The van der Waals surface area contributed by atoms with Crippen molar-refractivity contribution in [3.63, 3.8) is 0 Å². The summed E-state index contributed by atoms with van der Waals surface area (Å²) >= 11 is 15.1. The van der Waals surface area contributed by atoms with Crippen molar-refractivity contribution in [3.05, 3.63) is 73.3 Å². The Kier molecular flexibility index (Phi) is 5.68. The van der Waals surface area contributed by atoms with Gasteiger partial charge < -0.3 is 0 Å². The summed E-state index contributed by atoms with van der Waals surface area (Å²) in [5.41, 5.74) is 0.972. The predicted octanol–water partition coefficient (Wildman–Crippen LogP) is 5.75. The van der Waals surface area contributed by atoms with Crippen LogP contribution >= 0.6 is 45.9 Å². The molecule has 0 aliphatic heterocycles. The molecule has 0 aliphatic carbocycles. The molecule has 122 valence electrons. The number of carbonyl (C=O) groups excluding carboxylic acids is 1. The standard InChI is InChI=1S/C17H12Cl2N2OS2/c18-12-4-3-11(15(19)9-12)8-14-10-20-17(24-14)21-16(22)6-5-13-2-1-7-23-13/h1-7,9-10H,8H2,(H,20,21,22)/b6-5+. The number of anilines is 1. The van der Waals surface area contributed by atoms with E-state index in [1.54, 1.807) is 29.7 Å². The molecule has 24 heavy (non-hydrogen) atoms. The number of thiazole rings is 1. The molecule has 0 saturated heterocycles. The summed E-state index contributed by atoms with van der Waals surface area (Å²) in [6.07, 6.45) is 5.67. The van der Waals surface area contributed by atoms with Crippen LogP contribution in [-0.4, -0.2) is 10.9 Å². The van der Waals surface area contributed by atoms with E-state index in [-0.39, 0.29) is 5.91 Å². The van der Waals surface area contributed by atoms with Crippen LogP contribution in [0, 0.1) is 0 Å². The molecular weight excluding hydrogens is 383 g/mol. The zero-order valence-electron chi connectivity index (χ0n) is 12.3. The van der Waals surface area contributed by atoms with Gasteiger partial charge in [0.15, 0.2) is 5.13 Å². The first-order valence-electron chi connectivity index (χ1n) is 7.01. The number of rotatable bonds is 5. The maximum Gasteiger partial charge on any atom is 0.250 e. The van der Waals surface area contributed by atoms with Crippen molar-refractivity contribution in [1.29, 1.82) is 0 Å². The Hall–Kier alpha value is -1.66. The van der Waals surface area contributed by atoms with E-state index >= 15 is 0 Å². The fourth-order valence-corrected chi connectivity index (χ4v) is 3.92. The molecule has 0 radical (unpaired) electrons. The van der Waals surface area contributed by atoms with Gasteiger partial charge in [0.25, 0.3) is 0 Å². The van der Waals surface area contributed by atoms with Gasteiger partial charge in [-0.1, -0.05) is 35.3 Å². The van der Waals surface area contributed by atoms with Crippen LogP contribution in [0.15, 0.2) is 48.0 Å². The van der Waals surface area contributed by atoms with E-state index in [2.05, 4.69) is 10.3 Å². The zero-order valence-corrected chi connectivity index (χ0v) is 15.5. The third kappa shape index (κ3) is 4.68. The molecule has 7 heteroatoms. The van der Waals surface area contributed by atoms with E-state index in [0.717, 1.165) is 15.3 Å². The highest BCUT2D eigenvalue weighted by molar-refractivity contribution is 7.15. The van der Waals surface area contributed by atoms with Crippen LogP contribution < -0.4 is 5.32 Å². The molecule has 0 bridgehead atoms. The summed E-state index contributed by atoms with van der Waals surface area (Å²) in [6, 6.07) is 9.31. The molecular formula is C17H12Cl2N2OS2. The van der Waals surface area contributed by atoms with E-state index in [4.69, 9.17) is 23.2 Å². The first kappa shape index (κ1) is 17.2. The Morgan fingerprint density at radius 3 is 2.92 bits per heavy atom. The largest absolute Gasteiger partial charge is 0.298 e. The van der Waals surface area contributed by atoms with Gasteiger partial charge in [0.05, 0.1) is 0 Å². The lowest BCUT2D eigenvalue weighted by atomic mass is 10.1. The molecule has 3 aromatic rings. The maximum atomic E-state index is 11.9. The minimum Gasteiger partial charge on any atom is -0.298 e. The van der Waals surface area contributed by atoms with Crippen LogP contribution in [0.3, 0.4) is 0 Å². The monoisotopic (exact) mass is 394 g/mol. The minimum absolute atomic E-state index is 0.200. The van der Waals surface area contributed by atoms with E-state index in [9.17, 15) is 4.79 Å². The summed E-state index contributed by atoms with van der Waals surface area (Å²) in [4.78, 5) is 18.2. The summed E-state index contributed by atoms with van der Waals surface area (Å²) < 4.78 is 0. The number of aromatic nitrogens is 1. The second-order valence-corrected chi connectivity index (χ2v) is 7.82. The number of nitrogens with one attached hydrogen (secondary N) is 1. The smallest absolute Gasteiger partial charge is 0.250 e. The number of benzene rings is 1. The Balaban J connectivity index is 1.62. The van der Waals surface area contributed by atoms with Crippen molar-refractivity contribution in [3.8, 4) is 0 Å². The first-order valence-corrected chi connectivity index (χ1v) is 9.46. The number of hydrogen-bond acceptors (Lipinski definition) is 4. The maximum absolute atomic E-state index is 11.9. The lowest BCUT2D eigenvalue weighted by molar-refractivity contribution is -0.111. The average Bonchev–Trinajstić information content (AvgIpc) is 3.20. The number of carbonyl (C=O) groups is 1. The lowest BCUT2D eigenvalue weighted by Gasteiger charge is -2.02. The minimum atomic E-state index is -0.200. The van der Waals surface area contributed by atoms with Crippen LogP contribution in [0.25, 0.3) is 6.08 Å². The normalized spacial score (nSPS) is 11.1. The fourth-order valence-electron chi connectivity index (χ4n) is 1.99. The Morgan fingerprint density at radius 1 is 1.29 bits per heavy atom. The van der Waals surface area contributed by atoms with Crippen molar-refractivity contribution >= 4 is 63.0 Å². The summed E-state index contributed by atoms with van der Waals surface area (Å²) in [7, 11) is 0. The SMILES string of the molecule is O=C(/C=C/c1cccs1)Nc1ncc(Cc2ccc(Cl)cc2Cl)s1. The Bertz CT molecular complexity index is 873.